The highest BCUT2D eigenvalue weighted by atomic mass is 16.5. The van der Waals surface area contributed by atoms with Crippen LogP contribution in [0, 0.1) is 11.3 Å². The zero-order chi connectivity index (χ0) is 21.8. The molecule has 4 rings (SSSR count). The number of hydrogen-bond acceptors (Lipinski definition) is 6. The van der Waals surface area contributed by atoms with Crippen molar-refractivity contribution >= 4 is 17.0 Å². The first kappa shape index (κ1) is 20.7. The van der Waals surface area contributed by atoms with Gasteiger partial charge in [0.1, 0.15) is 11.8 Å². The molecular weight excluding hydrogens is 396 g/mol. The number of carbonyl (C=O) groups excluding carboxylic acids is 1. The van der Waals surface area contributed by atoms with Crippen LogP contribution >= 0.6 is 0 Å². The average Bonchev–Trinajstić information content (AvgIpc) is 3.13. The van der Waals surface area contributed by atoms with Crippen LogP contribution in [0.1, 0.15) is 18.0 Å². The van der Waals surface area contributed by atoms with Crippen molar-refractivity contribution in [3.8, 4) is 11.8 Å². The molecule has 1 unspecified atom stereocenters. The molecule has 0 radical (unpaired) electrons. The van der Waals surface area contributed by atoms with Gasteiger partial charge in [0, 0.05) is 39.1 Å². The number of fused-ring (bicyclic) bond motifs is 1. The van der Waals surface area contributed by atoms with Gasteiger partial charge in [0.25, 0.3) is 0 Å². The van der Waals surface area contributed by atoms with E-state index in [9.17, 15) is 14.9 Å². The molecule has 1 saturated heterocycles. The predicted octanol–water partition coefficient (Wildman–Crippen LogP) is 2.40. The van der Waals surface area contributed by atoms with E-state index in [0.717, 1.165) is 11.3 Å². The molecular formula is C23H24N4O4. The summed E-state index contributed by atoms with van der Waals surface area (Å²) in [5.41, 5.74) is 2.13. The number of para-hydroxylation sites is 2. The molecule has 0 N–H and O–H groups in total. The number of ether oxygens (including phenoxy) is 1. The van der Waals surface area contributed by atoms with Gasteiger partial charge in [0.05, 0.1) is 18.7 Å². The molecule has 0 bridgehead atoms. The summed E-state index contributed by atoms with van der Waals surface area (Å²) in [6.45, 7) is 2.61. The molecule has 1 aliphatic rings. The van der Waals surface area contributed by atoms with Gasteiger partial charge in [0.2, 0.25) is 5.91 Å². The van der Waals surface area contributed by atoms with Gasteiger partial charge in [-0.1, -0.05) is 24.3 Å². The predicted molar refractivity (Wildman–Crippen MR) is 115 cm³/mol. The van der Waals surface area contributed by atoms with E-state index >= 15 is 0 Å². The van der Waals surface area contributed by atoms with Gasteiger partial charge in [-0.3, -0.25) is 14.3 Å². The lowest BCUT2D eigenvalue weighted by molar-refractivity contribution is -0.133. The second-order valence-electron chi connectivity index (χ2n) is 7.46. The molecule has 0 spiro atoms. The molecule has 1 fully saturated rings. The van der Waals surface area contributed by atoms with E-state index in [2.05, 4.69) is 11.0 Å². The average molecular weight is 420 g/mol. The standard InChI is InChI=1S/C23H24N4O4/c1-30-18-8-6-17(7-9-18)20(16-24)25-12-14-26(15-13-25)22(28)10-11-27-19-4-2-3-5-21(19)31-23(27)29/h2-9,20H,10-15H2,1H3. The lowest BCUT2D eigenvalue weighted by atomic mass is 10.1. The highest BCUT2D eigenvalue weighted by Crippen LogP contribution is 2.24. The molecule has 8 heteroatoms. The van der Waals surface area contributed by atoms with Gasteiger partial charge >= 0.3 is 5.76 Å². The largest absolute Gasteiger partial charge is 0.497 e. The first-order chi connectivity index (χ1) is 15.1. The monoisotopic (exact) mass is 420 g/mol. The zero-order valence-electron chi connectivity index (χ0n) is 17.4. The first-order valence-electron chi connectivity index (χ1n) is 10.2. The maximum Gasteiger partial charge on any atom is 0.419 e. The Bertz CT molecular complexity index is 1150. The van der Waals surface area contributed by atoms with E-state index in [1.54, 1.807) is 24.1 Å². The fraction of sp³-hybridized carbons (Fsp3) is 0.348. The third-order valence-corrected chi connectivity index (χ3v) is 5.71. The summed E-state index contributed by atoms with van der Waals surface area (Å²) in [5.74, 6) is 0.297. The highest BCUT2D eigenvalue weighted by molar-refractivity contribution is 5.77. The van der Waals surface area contributed by atoms with Crippen molar-refractivity contribution in [2.24, 2.45) is 0 Å². The van der Waals surface area contributed by atoms with E-state index in [0.29, 0.717) is 37.3 Å². The Morgan fingerprint density at radius 3 is 2.52 bits per heavy atom. The molecule has 1 amide bonds. The summed E-state index contributed by atoms with van der Waals surface area (Å²) in [7, 11) is 1.61. The number of aryl methyl sites for hydroxylation is 1. The number of nitrogens with zero attached hydrogens (tertiary/aromatic N) is 4. The number of carbonyl (C=O) groups is 1. The van der Waals surface area contributed by atoms with Crippen molar-refractivity contribution < 1.29 is 13.9 Å². The molecule has 31 heavy (non-hydrogen) atoms. The summed E-state index contributed by atoms with van der Waals surface area (Å²) >= 11 is 0. The normalized spacial score (nSPS) is 15.5. The molecule has 0 saturated carbocycles. The minimum absolute atomic E-state index is 0.00483. The Labute approximate surface area is 179 Å². The van der Waals surface area contributed by atoms with Crippen LogP contribution in [-0.4, -0.2) is 53.6 Å². The Hall–Kier alpha value is -3.57. The van der Waals surface area contributed by atoms with E-state index in [-0.39, 0.29) is 24.9 Å². The number of hydrogen-bond donors (Lipinski definition) is 0. The van der Waals surface area contributed by atoms with Gasteiger partial charge in [-0.25, -0.2) is 4.79 Å². The summed E-state index contributed by atoms with van der Waals surface area (Å²) in [5, 5.41) is 9.69. The number of nitriles is 1. The summed E-state index contributed by atoms with van der Waals surface area (Å²) in [6.07, 6.45) is 0.226. The molecule has 8 nitrogen and oxygen atoms in total. The lowest BCUT2D eigenvalue weighted by Crippen LogP contribution is -2.49. The number of benzene rings is 2. The molecule has 1 atom stereocenters. The van der Waals surface area contributed by atoms with Gasteiger partial charge in [0.15, 0.2) is 5.58 Å². The molecule has 2 aromatic carbocycles. The van der Waals surface area contributed by atoms with Gasteiger partial charge in [-0.05, 0) is 29.8 Å². The minimum Gasteiger partial charge on any atom is -0.497 e. The molecule has 0 aliphatic carbocycles. The van der Waals surface area contributed by atoms with Crippen LogP contribution in [-0.2, 0) is 11.3 Å². The second kappa shape index (κ2) is 9.06. The Morgan fingerprint density at radius 2 is 1.84 bits per heavy atom. The third-order valence-electron chi connectivity index (χ3n) is 5.71. The Balaban J connectivity index is 1.34. The van der Waals surface area contributed by atoms with Crippen LogP contribution in [0.15, 0.2) is 57.7 Å². The van der Waals surface area contributed by atoms with Gasteiger partial charge in [-0.15, -0.1) is 0 Å². The highest BCUT2D eigenvalue weighted by Gasteiger charge is 2.27. The van der Waals surface area contributed by atoms with Gasteiger partial charge in [-0.2, -0.15) is 5.26 Å². The summed E-state index contributed by atoms with van der Waals surface area (Å²) in [4.78, 5) is 28.7. The Morgan fingerprint density at radius 1 is 1.13 bits per heavy atom. The number of amides is 1. The maximum absolute atomic E-state index is 12.7. The number of oxazole rings is 1. The second-order valence-corrected chi connectivity index (χ2v) is 7.46. The fourth-order valence-corrected chi connectivity index (χ4v) is 3.97. The molecule has 1 aromatic heterocycles. The fourth-order valence-electron chi connectivity index (χ4n) is 3.97. The van der Waals surface area contributed by atoms with Crippen molar-refractivity contribution in [3.63, 3.8) is 0 Å². The van der Waals surface area contributed by atoms with Crippen LogP contribution in [0.3, 0.4) is 0 Å². The lowest BCUT2D eigenvalue weighted by Gasteiger charge is -2.37. The third kappa shape index (κ3) is 4.32. The number of methoxy groups -OCH3 is 1. The van der Waals surface area contributed by atoms with Gasteiger partial charge < -0.3 is 14.1 Å². The smallest absolute Gasteiger partial charge is 0.419 e. The first-order valence-corrected chi connectivity index (χ1v) is 10.2. The van der Waals surface area contributed by atoms with Crippen LogP contribution in [0.25, 0.3) is 11.1 Å². The van der Waals surface area contributed by atoms with Crippen molar-refractivity contribution in [1.29, 1.82) is 5.26 Å². The van der Waals surface area contributed by atoms with Crippen LogP contribution < -0.4 is 10.5 Å². The number of piperazine rings is 1. The zero-order valence-corrected chi connectivity index (χ0v) is 17.4. The van der Waals surface area contributed by atoms with Crippen molar-refractivity contribution in [1.82, 2.24) is 14.4 Å². The molecule has 160 valence electrons. The van der Waals surface area contributed by atoms with Crippen LogP contribution in [0.5, 0.6) is 5.75 Å². The quantitative estimate of drug-likeness (QED) is 0.608. The van der Waals surface area contributed by atoms with Crippen molar-refractivity contribution in [2.45, 2.75) is 19.0 Å². The van der Waals surface area contributed by atoms with Crippen molar-refractivity contribution in [2.75, 3.05) is 33.3 Å². The van der Waals surface area contributed by atoms with E-state index < -0.39 is 5.76 Å². The summed E-state index contributed by atoms with van der Waals surface area (Å²) in [6, 6.07) is 16.7. The molecule has 1 aliphatic heterocycles. The van der Waals surface area contributed by atoms with Crippen molar-refractivity contribution in [3.05, 3.63) is 64.6 Å². The van der Waals surface area contributed by atoms with E-state index in [4.69, 9.17) is 9.15 Å². The summed E-state index contributed by atoms with van der Waals surface area (Å²) < 4.78 is 11.9. The topological polar surface area (TPSA) is 91.7 Å². The van der Waals surface area contributed by atoms with Crippen LogP contribution in [0.2, 0.25) is 0 Å². The van der Waals surface area contributed by atoms with E-state index in [1.165, 1.54) is 4.57 Å². The Kier molecular flexibility index (Phi) is 6.05. The minimum atomic E-state index is -0.449. The number of aromatic nitrogens is 1. The molecule has 3 aromatic rings. The SMILES string of the molecule is COc1ccc(C(C#N)N2CCN(C(=O)CCn3c(=O)oc4ccccc43)CC2)cc1. The molecule has 2 heterocycles. The van der Waals surface area contributed by atoms with E-state index in [1.807, 2.05) is 36.4 Å². The van der Waals surface area contributed by atoms with Crippen LogP contribution in [0.4, 0.5) is 0 Å². The maximum atomic E-state index is 12.7. The number of rotatable bonds is 6.